The molecule has 0 unspecified atom stereocenters. The first-order valence-corrected chi connectivity index (χ1v) is 11.0. The minimum atomic E-state index is -4.06. The summed E-state index contributed by atoms with van der Waals surface area (Å²) in [7, 11) is -4.06. The Morgan fingerprint density at radius 3 is 2.52 bits per heavy atom. The first-order chi connectivity index (χ1) is 14.8. The van der Waals surface area contributed by atoms with Gasteiger partial charge in [0.05, 0.1) is 19.8 Å². The first-order valence-electron chi connectivity index (χ1n) is 9.52. The predicted molar refractivity (Wildman–Crippen MR) is 106 cm³/mol. The maximum absolute atomic E-state index is 14.2. The van der Waals surface area contributed by atoms with Crippen LogP contribution in [-0.4, -0.2) is 51.5 Å². The Labute approximate surface area is 177 Å². The minimum Gasteiger partial charge on any atom is -0.491 e. The average Bonchev–Trinajstić information content (AvgIpc) is 2.74. The molecule has 0 aliphatic carbocycles. The molecular formula is C20H21F3N2O5S. The summed E-state index contributed by atoms with van der Waals surface area (Å²) in [5.41, 5.74) is 0.128. The molecule has 2 aromatic rings. The van der Waals surface area contributed by atoms with Crippen molar-refractivity contribution in [2.45, 2.75) is 17.7 Å². The van der Waals surface area contributed by atoms with Crippen LogP contribution in [0.4, 0.5) is 18.9 Å². The maximum atomic E-state index is 14.2. The lowest BCUT2D eigenvalue weighted by Crippen LogP contribution is -2.40. The van der Waals surface area contributed by atoms with E-state index in [4.69, 9.17) is 9.47 Å². The third kappa shape index (κ3) is 5.96. The zero-order valence-corrected chi connectivity index (χ0v) is 17.3. The molecule has 1 heterocycles. The number of sulfonamides is 1. The van der Waals surface area contributed by atoms with E-state index in [0.29, 0.717) is 6.07 Å². The van der Waals surface area contributed by atoms with E-state index in [0.717, 1.165) is 28.6 Å². The highest BCUT2D eigenvalue weighted by Crippen LogP contribution is 2.24. The lowest BCUT2D eigenvalue weighted by atomic mass is 10.2. The van der Waals surface area contributed by atoms with Crippen molar-refractivity contribution in [1.82, 2.24) is 4.31 Å². The van der Waals surface area contributed by atoms with Gasteiger partial charge >= 0.3 is 0 Å². The molecule has 0 radical (unpaired) electrons. The van der Waals surface area contributed by atoms with Crippen LogP contribution in [0.15, 0.2) is 41.3 Å². The highest BCUT2D eigenvalue weighted by atomic mass is 32.2. The number of hydrogen-bond donors (Lipinski definition) is 1. The van der Waals surface area contributed by atoms with Gasteiger partial charge in [-0.3, -0.25) is 4.79 Å². The summed E-state index contributed by atoms with van der Waals surface area (Å²) in [4.78, 5) is 11.6. The Morgan fingerprint density at radius 1 is 1.06 bits per heavy atom. The molecule has 1 fully saturated rings. The van der Waals surface area contributed by atoms with Gasteiger partial charge in [0.25, 0.3) is 0 Å². The SMILES string of the molecule is O=C(CCCOc1ccc(F)cc1F)Nc1ccc(F)c(S(=O)(=O)N2CCOCC2)c1. The number of amides is 1. The monoisotopic (exact) mass is 458 g/mol. The number of morpholine rings is 1. The second-order valence-corrected chi connectivity index (χ2v) is 8.64. The van der Waals surface area contributed by atoms with Crippen molar-refractivity contribution >= 4 is 21.6 Å². The van der Waals surface area contributed by atoms with Crippen LogP contribution in [0, 0.1) is 17.5 Å². The summed E-state index contributed by atoms with van der Waals surface area (Å²) >= 11 is 0. The Balaban J connectivity index is 1.56. The molecule has 1 aliphatic heterocycles. The minimum absolute atomic E-state index is 0.00820. The fraction of sp³-hybridized carbons (Fsp3) is 0.350. The van der Waals surface area contributed by atoms with Crippen LogP contribution in [0.25, 0.3) is 0 Å². The molecule has 0 spiro atoms. The molecule has 1 aliphatic rings. The molecule has 1 saturated heterocycles. The van der Waals surface area contributed by atoms with Gasteiger partial charge in [0, 0.05) is 31.3 Å². The van der Waals surface area contributed by atoms with Crippen LogP contribution in [0.1, 0.15) is 12.8 Å². The molecule has 31 heavy (non-hydrogen) atoms. The number of rotatable bonds is 8. The van der Waals surface area contributed by atoms with Crippen molar-refractivity contribution in [3.63, 3.8) is 0 Å². The summed E-state index contributed by atoms with van der Waals surface area (Å²) < 4.78 is 77.4. The van der Waals surface area contributed by atoms with Gasteiger partial charge in [-0.25, -0.2) is 21.6 Å². The van der Waals surface area contributed by atoms with Crippen molar-refractivity contribution in [2.75, 3.05) is 38.2 Å². The van der Waals surface area contributed by atoms with Crippen molar-refractivity contribution in [2.24, 2.45) is 0 Å². The molecule has 1 N–H and O–H groups in total. The van der Waals surface area contributed by atoms with E-state index in [1.165, 1.54) is 6.07 Å². The lowest BCUT2D eigenvalue weighted by molar-refractivity contribution is -0.116. The summed E-state index contributed by atoms with van der Waals surface area (Å²) in [6, 6.07) is 6.21. The number of nitrogens with one attached hydrogen (secondary N) is 1. The third-order valence-electron chi connectivity index (χ3n) is 4.50. The number of benzene rings is 2. The lowest BCUT2D eigenvalue weighted by Gasteiger charge is -2.26. The van der Waals surface area contributed by atoms with E-state index in [9.17, 15) is 26.4 Å². The van der Waals surface area contributed by atoms with Crippen molar-refractivity contribution in [3.8, 4) is 5.75 Å². The van der Waals surface area contributed by atoms with Crippen LogP contribution < -0.4 is 10.1 Å². The third-order valence-corrected chi connectivity index (χ3v) is 6.42. The highest BCUT2D eigenvalue weighted by molar-refractivity contribution is 7.89. The number of carbonyl (C=O) groups is 1. The number of nitrogens with zero attached hydrogens (tertiary/aromatic N) is 1. The molecule has 168 valence electrons. The van der Waals surface area contributed by atoms with Crippen molar-refractivity contribution < 1.29 is 35.9 Å². The molecule has 2 aromatic carbocycles. The Bertz CT molecular complexity index is 1040. The van der Waals surface area contributed by atoms with E-state index in [1.807, 2.05) is 0 Å². The standard InChI is InChI=1S/C20H21F3N2O5S/c21-14-3-6-18(17(23)12-14)30-9-1-2-20(26)24-15-4-5-16(22)19(13-15)31(27,28)25-7-10-29-11-8-25/h3-6,12-13H,1-2,7-11H2,(H,24,26). The van der Waals surface area contributed by atoms with E-state index >= 15 is 0 Å². The number of halogens is 3. The van der Waals surface area contributed by atoms with Gasteiger partial charge in [-0.2, -0.15) is 4.31 Å². The Kier molecular flexibility index (Phi) is 7.52. The van der Waals surface area contributed by atoms with Gasteiger partial charge < -0.3 is 14.8 Å². The van der Waals surface area contributed by atoms with Crippen LogP contribution in [0.5, 0.6) is 5.75 Å². The topological polar surface area (TPSA) is 84.9 Å². The van der Waals surface area contributed by atoms with E-state index < -0.39 is 38.3 Å². The molecular weight excluding hydrogens is 437 g/mol. The molecule has 0 aromatic heterocycles. The second kappa shape index (κ2) is 10.1. The normalized spacial score (nSPS) is 14.9. The van der Waals surface area contributed by atoms with E-state index in [1.54, 1.807) is 0 Å². The van der Waals surface area contributed by atoms with Crippen molar-refractivity contribution in [3.05, 3.63) is 53.8 Å². The van der Waals surface area contributed by atoms with Gasteiger partial charge in [0.2, 0.25) is 15.9 Å². The summed E-state index contributed by atoms with van der Waals surface area (Å²) in [6.45, 7) is 0.693. The molecule has 3 rings (SSSR count). The van der Waals surface area contributed by atoms with Crippen LogP contribution in [0.2, 0.25) is 0 Å². The first kappa shape index (κ1) is 23.0. The van der Waals surface area contributed by atoms with Crippen LogP contribution in [0.3, 0.4) is 0 Å². The molecule has 11 heteroatoms. The van der Waals surface area contributed by atoms with Gasteiger partial charge in [-0.15, -0.1) is 0 Å². The average molecular weight is 458 g/mol. The quantitative estimate of drug-likeness (QED) is 0.615. The van der Waals surface area contributed by atoms with E-state index in [-0.39, 0.29) is 57.2 Å². The predicted octanol–water partition coefficient (Wildman–Crippen LogP) is 2.92. The van der Waals surface area contributed by atoms with Gasteiger partial charge in [0.15, 0.2) is 11.6 Å². The summed E-state index contributed by atoms with van der Waals surface area (Å²) in [5, 5.41) is 2.51. The number of anilines is 1. The number of carbonyl (C=O) groups excluding carboxylic acids is 1. The molecule has 0 atom stereocenters. The van der Waals surface area contributed by atoms with Crippen LogP contribution in [-0.2, 0) is 19.6 Å². The number of ether oxygens (including phenoxy) is 2. The molecule has 0 bridgehead atoms. The zero-order valence-electron chi connectivity index (χ0n) is 16.4. The molecule has 1 amide bonds. The van der Waals surface area contributed by atoms with E-state index in [2.05, 4.69) is 5.32 Å². The second-order valence-electron chi connectivity index (χ2n) is 6.74. The fourth-order valence-corrected chi connectivity index (χ4v) is 4.43. The van der Waals surface area contributed by atoms with Crippen molar-refractivity contribution in [1.29, 1.82) is 0 Å². The molecule has 0 saturated carbocycles. The Hall–Kier alpha value is -2.63. The summed E-state index contributed by atoms with van der Waals surface area (Å²) in [5.74, 6) is -3.06. The zero-order chi connectivity index (χ0) is 22.4. The molecule has 7 nitrogen and oxygen atoms in total. The van der Waals surface area contributed by atoms with Gasteiger partial charge in [-0.1, -0.05) is 0 Å². The maximum Gasteiger partial charge on any atom is 0.246 e. The largest absolute Gasteiger partial charge is 0.491 e. The smallest absolute Gasteiger partial charge is 0.246 e. The van der Waals surface area contributed by atoms with Gasteiger partial charge in [0.1, 0.15) is 16.5 Å². The Morgan fingerprint density at radius 2 is 1.81 bits per heavy atom. The highest BCUT2D eigenvalue weighted by Gasteiger charge is 2.29. The fourth-order valence-electron chi connectivity index (χ4n) is 2.94. The van der Waals surface area contributed by atoms with Gasteiger partial charge in [-0.05, 0) is 36.8 Å². The number of hydrogen-bond acceptors (Lipinski definition) is 5. The van der Waals surface area contributed by atoms with Crippen LogP contribution >= 0.6 is 0 Å². The summed E-state index contributed by atoms with van der Waals surface area (Å²) in [6.07, 6.45) is 0.217.